The zero-order chi connectivity index (χ0) is 12.8. The van der Waals surface area contributed by atoms with Crippen molar-refractivity contribution in [3.05, 3.63) is 21.9 Å². The molecule has 0 aliphatic rings. The highest BCUT2D eigenvalue weighted by atomic mass is 32.1. The molecule has 0 aliphatic heterocycles. The molecule has 1 aromatic heterocycles. The maximum Gasteiger partial charge on any atom is 0.346 e. The van der Waals surface area contributed by atoms with Crippen molar-refractivity contribution in [3.63, 3.8) is 0 Å². The molecule has 96 valence electrons. The van der Waals surface area contributed by atoms with Crippen LogP contribution in [0.2, 0.25) is 0 Å². The number of hydrogen-bond acceptors (Lipinski definition) is 3. The SMILES string of the molecule is CCC(C)CC(C)NCc1ccsc1C(=O)O. The van der Waals surface area contributed by atoms with Crippen LogP contribution >= 0.6 is 11.3 Å². The molecule has 0 saturated carbocycles. The molecule has 0 saturated heterocycles. The van der Waals surface area contributed by atoms with Crippen LogP contribution in [0, 0.1) is 5.92 Å². The zero-order valence-corrected chi connectivity index (χ0v) is 11.5. The van der Waals surface area contributed by atoms with E-state index in [-0.39, 0.29) is 0 Å². The van der Waals surface area contributed by atoms with Crippen LogP contribution < -0.4 is 5.32 Å². The third-order valence-electron chi connectivity index (χ3n) is 3.03. The number of carbonyl (C=O) groups is 1. The van der Waals surface area contributed by atoms with E-state index in [0.717, 1.165) is 12.0 Å². The topological polar surface area (TPSA) is 49.3 Å². The predicted molar refractivity (Wildman–Crippen MR) is 71.7 cm³/mol. The Bertz CT molecular complexity index is 362. The lowest BCUT2D eigenvalue weighted by Crippen LogP contribution is -2.27. The van der Waals surface area contributed by atoms with E-state index in [1.165, 1.54) is 17.8 Å². The second-order valence-corrected chi connectivity index (χ2v) is 5.53. The number of carboxylic acids is 1. The summed E-state index contributed by atoms with van der Waals surface area (Å²) in [6.45, 7) is 7.23. The number of thiophene rings is 1. The minimum absolute atomic E-state index is 0.423. The summed E-state index contributed by atoms with van der Waals surface area (Å²) in [6.07, 6.45) is 2.31. The second-order valence-electron chi connectivity index (χ2n) is 4.61. The molecule has 17 heavy (non-hydrogen) atoms. The Kier molecular flexibility index (Phi) is 5.65. The molecule has 1 aromatic rings. The fourth-order valence-electron chi connectivity index (χ4n) is 1.80. The molecule has 0 aliphatic carbocycles. The van der Waals surface area contributed by atoms with Gasteiger partial charge in [-0.05, 0) is 36.3 Å². The summed E-state index contributed by atoms with van der Waals surface area (Å²) in [6, 6.07) is 2.31. The van der Waals surface area contributed by atoms with Crippen LogP contribution in [-0.2, 0) is 6.54 Å². The minimum atomic E-state index is -0.827. The van der Waals surface area contributed by atoms with Crippen LogP contribution in [0.1, 0.15) is 48.8 Å². The van der Waals surface area contributed by atoms with Gasteiger partial charge in [0.2, 0.25) is 0 Å². The van der Waals surface area contributed by atoms with Gasteiger partial charge in [0, 0.05) is 12.6 Å². The van der Waals surface area contributed by atoms with E-state index >= 15 is 0 Å². The predicted octanol–water partition coefficient (Wildman–Crippen LogP) is 3.36. The number of aromatic carboxylic acids is 1. The molecule has 0 amide bonds. The van der Waals surface area contributed by atoms with Crippen molar-refractivity contribution in [2.45, 2.75) is 46.2 Å². The highest BCUT2D eigenvalue weighted by molar-refractivity contribution is 7.12. The van der Waals surface area contributed by atoms with Gasteiger partial charge in [-0.2, -0.15) is 0 Å². The largest absolute Gasteiger partial charge is 0.477 e. The van der Waals surface area contributed by atoms with Gasteiger partial charge in [0.15, 0.2) is 0 Å². The smallest absolute Gasteiger partial charge is 0.346 e. The van der Waals surface area contributed by atoms with Gasteiger partial charge in [-0.15, -0.1) is 11.3 Å². The van der Waals surface area contributed by atoms with E-state index in [4.69, 9.17) is 5.11 Å². The van der Waals surface area contributed by atoms with Crippen LogP contribution in [0.5, 0.6) is 0 Å². The normalized spacial score (nSPS) is 14.5. The molecule has 0 aromatic carbocycles. The molecule has 2 N–H and O–H groups in total. The monoisotopic (exact) mass is 255 g/mol. The number of hydrogen-bond donors (Lipinski definition) is 2. The van der Waals surface area contributed by atoms with Crippen LogP contribution in [0.3, 0.4) is 0 Å². The highest BCUT2D eigenvalue weighted by Gasteiger charge is 2.12. The van der Waals surface area contributed by atoms with E-state index in [2.05, 4.69) is 26.1 Å². The standard InChI is InChI=1S/C13H21NO2S/c1-4-9(2)7-10(3)14-8-11-5-6-17-12(11)13(15)16/h5-6,9-10,14H,4,7-8H2,1-3H3,(H,15,16). The first-order valence-corrected chi connectivity index (χ1v) is 6.95. The Morgan fingerprint density at radius 3 is 2.82 bits per heavy atom. The lowest BCUT2D eigenvalue weighted by Gasteiger charge is -2.17. The maximum absolute atomic E-state index is 10.9. The molecule has 2 atom stereocenters. The summed E-state index contributed by atoms with van der Waals surface area (Å²) < 4.78 is 0. The molecule has 1 heterocycles. The molecule has 0 bridgehead atoms. The van der Waals surface area contributed by atoms with Crippen molar-refractivity contribution >= 4 is 17.3 Å². The van der Waals surface area contributed by atoms with Gasteiger partial charge in [0.25, 0.3) is 0 Å². The van der Waals surface area contributed by atoms with Gasteiger partial charge < -0.3 is 10.4 Å². The Balaban J connectivity index is 2.44. The Hall–Kier alpha value is -0.870. The van der Waals surface area contributed by atoms with E-state index in [1.807, 2.05) is 11.4 Å². The zero-order valence-electron chi connectivity index (χ0n) is 10.7. The van der Waals surface area contributed by atoms with Crippen molar-refractivity contribution in [2.75, 3.05) is 0 Å². The fourth-order valence-corrected chi connectivity index (χ4v) is 2.56. The van der Waals surface area contributed by atoms with E-state index in [1.54, 1.807) is 0 Å². The molecule has 0 radical (unpaired) electrons. The molecular weight excluding hydrogens is 234 g/mol. The number of rotatable bonds is 7. The summed E-state index contributed by atoms with van der Waals surface area (Å²) in [7, 11) is 0. The first kappa shape index (κ1) is 14.2. The van der Waals surface area contributed by atoms with Crippen LogP contribution in [-0.4, -0.2) is 17.1 Å². The van der Waals surface area contributed by atoms with Gasteiger partial charge >= 0.3 is 5.97 Å². The van der Waals surface area contributed by atoms with Gasteiger partial charge in [0.05, 0.1) is 0 Å². The molecule has 0 spiro atoms. The second kappa shape index (κ2) is 6.77. The minimum Gasteiger partial charge on any atom is -0.477 e. The van der Waals surface area contributed by atoms with Crippen LogP contribution in [0.4, 0.5) is 0 Å². The highest BCUT2D eigenvalue weighted by Crippen LogP contribution is 2.17. The Morgan fingerprint density at radius 1 is 1.53 bits per heavy atom. The molecular formula is C13H21NO2S. The molecule has 2 unspecified atom stereocenters. The Labute approximate surface area is 107 Å². The third kappa shape index (κ3) is 4.48. The summed E-state index contributed by atoms with van der Waals surface area (Å²) in [5, 5.41) is 14.2. The number of carboxylic acid groups (broad SMARTS) is 1. The average molecular weight is 255 g/mol. The lowest BCUT2D eigenvalue weighted by atomic mass is 10.0. The average Bonchev–Trinajstić information content (AvgIpc) is 2.74. The molecule has 4 heteroatoms. The van der Waals surface area contributed by atoms with E-state index in [9.17, 15) is 4.79 Å². The van der Waals surface area contributed by atoms with E-state index < -0.39 is 5.97 Å². The summed E-state index contributed by atoms with van der Waals surface area (Å²) >= 11 is 1.29. The van der Waals surface area contributed by atoms with Crippen molar-refractivity contribution in [2.24, 2.45) is 5.92 Å². The number of nitrogens with one attached hydrogen (secondary N) is 1. The van der Waals surface area contributed by atoms with Crippen molar-refractivity contribution in [1.29, 1.82) is 0 Å². The van der Waals surface area contributed by atoms with Gasteiger partial charge in [-0.3, -0.25) is 0 Å². The van der Waals surface area contributed by atoms with E-state index in [0.29, 0.717) is 23.4 Å². The first-order chi connectivity index (χ1) is 8.04. The summed E-state index contributed by atoms with van der Waals surface area (Å²) in [5.74, 6) is -0.120. The molecule has 1 rings (SSSR count). The molecule has 0 fully saturated rings. The first-order valence-electron chi connectivity index (χ1n) is 6.07. The quantitative estimate of drug-likeness (QED) is 0.785. The van der Waals surface area contributed by atoms with Gasteiger partial charge in [-0.1, -0.05) is 20.3 Å². The van der Waals surface area contributed by atoms with Crippen molar-refractivity contribution < 1.29 is 9.90 Å². The van der Waals surface area contributed by atoms with Crippen molar-refractivity contribution in [1.82, 2.24) is 5.32 Å². The van der Waals surface area contributed by atoms with Crippen LogP contribution in [0.15, 0.2) is 11.4 Å². The summed E-state index contributed by atoms with van der Waals surface area (Å²) in [5.41, 5.74) is 0.888. The maximum atomic E-state index is 10.9. The Morgan fingerprint density at radius 2 is 2.24 bits per heavy atom. The van der Waals surface area contributed by atoms with Crippen LogP contribution in [0.25, 0.3) is 0 Å². The van der Waals surface area contributed by atoms with Gasteiger partial charge in [-0.25, -0.2) is 4.79 Å². The molecule has 3 nitrogen and oxygen atoms in total. The lowest BCUT2D eigenvalue weighted by molar-refractivity contribution is 0.0701. The summed E-state index contributed by atoms with van der Waals surface area (Å²) in [4.78, 5) is 11.4. The van der Waals surface area contributed by atoms with Crippen molar-refractivity contribution in [3.8, 4) is 0 Å². The third-order valence-corrected chi connectivity index (χ3v) is 3.98. The van der Waals surface area contributed by atoms with Gasteiger partial charge in [0.1, 0.15) is 4.88 Å². The fraction of sp³-hybridized carbons (Fsp3) is 0.615.